The quantitative estimate of drug-likeness (QED) is 0.359. The predicted molar refractivity (Wildman–Crippen MR) is 104 cm³/mol. The van der Waals surface area contributed by atoms with Crippen LogP contribution in [0.3, 0.4) is 0 Å². The summed E-state index contributed by atoms with van der Waals surface area (Å²) in [5, 5.41) is 0. The zero-order chi connectivity index (χ0) is 17.6. The third-order valence-electron chi connectivity index (χ3n) is 3.87. The Morgan fingerprint density at radius 2 is 1.67 bits per heavy atom. The average Bonchev–Trinajstić information content (AvgIpc) is 2.61. The van der Waals surface area contributed by atoms with Gasteiger partial charge in [-0.3, -0.25) is 4.90 Å². The Morgan fingerprint density at radius 3 is 2.29 bits per heavy atom. The van der Waals surface area contributed by atoms with Gasteiger partial charge in [-0.15, -0.1) is 11.8 Å². The van der Waals surface area contributed by atoms with Gasteiger partial charge in [0.2, 0.25) is 0 Å². The van der Waals surface area contributed by atoms with Gasteiger partial charge in [0, 0.05) is 11.4 Å². The highest BCUT2D eigenvalue weighted by Gasteiger charge is 2.13. The molecule has 0 aromatic heterocycles. The summed E-state index contributed by atoms with van der Waals surface area (Å²) in [5.41, 5.74) is 0.699. The van der Waals surface area contributed by atoms with E-state index in [4.69, 9.17) is 4.74 Å². The van der Waals surface area contributed by atoms with Crippen molar-refractivity contribution in [2.45, 2.75) is 57.8 Å². The highest BCUT2D eigenvalue weighted by molar-refractivity contribution is 7.99. The molecular weight excluding hydrogens is 318 g/mol. The lowest BCUT2D eigenvalue weighted by molar-refractivity contribution is 0.0456. The van der Waals surface area contributed by atoms with E-state index in [1.807, 2.05) is 24.3 Å². The fraction of sp³-hybridized carbons (Fsp3) is 0.650. The molecule has 0 radical (unpaired) electrons. The number of ether oxygens (including phenoxy) is 1. The van der Waals surface area contributed by atoms with Gasteiger partial charge in [-0.1, -0.05) is 45.7 Å². The van der Waals surface area contributed by atoms with Gasteiger partial charge in [0.25, 0.3) is 0 Å². The molecule has 1 aromatic rings. The van der Waals surface area contributed by atoms with Gasteiger partial charge in [-0.25, -0.2) is 4.79 Å². The maximum Gasteiger partial charge on any atom is 0.339 e. The first kappa shape index (κ1) is 21.0. The molecule has 3 nitrogen and oxygen atoms in total. The molecule has 0 saturated carbocycles. The minimum absolute atomic E-state index is 0.194. The molecule has 1 rings (SSSR count). The Hall–Kier alpha value is -1.00. The lowest BCUT2D eigenvalue weighted by Gasteiger charge is -2.21. The molecule has 4 heteroatoms. The van der Waals surface area contributed by atoms with Crippen LogP contribution in [0.2, 0.25) is 0 Å². The molecule has 0 N–H and O–H groups in total. The molecule has 0 atom stereocenters. The number of thioether (sulfide) groups is 1. The summed E-state index contributed by atoms with van der Waals surface area (Å²) < 4.78 is 5.55. The number of unbranched alkanes of at least 4 members (excludes halogenated alkanes) is 2. The van der Waals surface area contributed by atoms with Crippen molar-refractivity contribution in [3.8, 4) is 0 Å². The molecule has 24 heavy (non-hydrogen) atoms. The Morgan fingerprint density at radius 1 is 1.00 bits per heavy atom. The van der Waals surface area contributed by atoms with Crippen molar-refractivity contribution in [3.63, 3.8) is 0 Å². The summed E-state index contributed by atoms with van der Waals surface area (Å²) in [7, 11) is 0. The van der Waals surface area contributed by atoms with E-state index < -0.39 is 0 Å². The van der Waals surface area contributed by atoms with Crippen LogP contribution in [0.15, 0.2) is 29.2 Å². The minimum atomic E-state index is -0.194. The van der Waals surface area contributed by atoms with Crippen LogP contribution in [-0.4, -0.2) is 42.9 Å². The van der Waals surface area contributed by atoms with Gasteiger partial charge < -0.3 is 4.74 Å². The highest BCUT2D eigenvalue weighted by Crippen LogP contribution is 2.23. The fourth-order valence-corrected chi connectivity index (χ4v) is 3.32. The first-order chi connectivity index (χ1) is 11.7. The Kier molecular flexibility index (Phi) is 11.7. The van der Waals surface area contributed by atoms with Crippen LogP contribution in [0.4, 0.5) is 0 Å². The molecular formula is C20H33NO2S. The number of rotatable bonds is 13. The number of esters is 1. The molecule has 0 heterocycles. The van der Waals surface area contributed by atoms with Gasteiger partial charge in [0.05, 0.1) is 5.56 Å². The number of carbonyl (C=O) groups is 1. The van der Waals surface area contributed by atoms with E-state index in [9.17, 15) is 4.79 Å². The third-order valence-corrected chi connectivity index (χ3v) is 5.14. The Bertz CT molecular complexity index is 457. The van der Waals surface area contributed by atoms with Crippen molar-refractivity contribution in [1.29, 1.82) is 0 Å². The van der Waals surface area contributed by atoms with Gasteiger partial charge in [-0.05, 0) is 50.2 Å². The first-order valence-electron chi connectivity index (χ1n) is 9.34. The molecule has 0 spiro atoms. The van der Waals surface area contributed by atoms with Crippen molar-refractivity contribution in [2.75, 3.05) is 32.0 Å². The van der Waals surface area contributed by atoms with Crippen LogP contribution in [0.25, 0.3) is 0 Å². The lowest BCUT2D eigenvalue weighted by Crippen LogP contribution is -2.30. The van der Waals surface area contributed by atoms with E-state index >= 15 is 0 Å². The zero-order valence-corrected chi connectivity index (χ0v) is 16.4. The lowest BCUT2D eigenvalue weighted by atomic mass is 10.2. The average molecular weight is 352 g/mol. The van der Waals surface area contributed by atoms with Gasteiger partial charge >= 0.3 is 5.97 Å². The van der Waals surface area contributed by atoms with Crippen LogP contribution in [-0.2, 0) is 4.74 Å². The standard InChI is InChI=1S/C20H33NO2S/c1-4-7-13-21(14-8-5-2)15-16-23-20(22)18-11-9-10-12-19(18)24-17-6-3/h9-12H,4-8,13-17H2,1-3H3. The molecule has 0 unspecified atom stereocenters. The second kappa shape index (κ2) is 13.3. The SMILES string of the molecule is CCCCN(CCCC)CCOC(=O)c1ccccc1SCCC. The van der Waals surface area contributed by atoms with Crippen molar-refractivity contribution in [2.24, 2.45) is 0 Å². The topological polar surface area (TPSA) is 29.5 Å². The highest BCUT2D eigenvalue weighted by atomic mass is 32.2. The van der Waals surface area contributed by atoms with Gasteiger partial charge in [-0.2, -0.15) is 0 Å². The maximum absolute atomic E-state index is 12.4. The van der Waals surface area contributed by atoms with Crippen molar-refractivity contribution >= 4 is 17.7 Å². The van der Waals surface area contributed by atoms with Crippen LogP contribution >= 0.6 is 11.8 Å². The van der Waals surface area contributed by atoms with E-state index in [1.54, 1.807) is 11.8 Å². The van der Waals surface area contributed by atoms with Gasteiger partial charge in [0.15, 0.2) is 0 Å². The Labute approximate surface area is 152 Å². The number of nitrogens with zero attached hydrogens (tertiary/aromatic N) is 1. The molecule has 0 fully saturated rings. The molecule has 0 aliphatic heterocycles. The smallest absolute Gasteiger partial charge is 0.339 e. The van der Waals surface area contributed by atoms with Crippen LogP contribution in [0, 0.1) is 0 Å². The summed E-state index contributed by atoms with van der Waals surface area (Å²) in [6.45, 7) is 10.1. The van der Waals surface area contributed by atoms with E-state index in [0.29, 0.717) is 12.2 Å². The molecule has 1 aromatic carbocycles. The van der Waals surface area contributed by atoms with Crippen molar-refractivity contribution < 1.29 is 9.53 Å². The van der Waals surface area contributed by atoms with Gasteiger partial charge in [0.1, 0.15) is 6.61 Å². The molecule has 136 valence electrons. The largest absolute Gasteiger partial charge is 0.461 e. The van der Waals surface area contributed by atoms with E-state index in [0.717, 1.165) is 36.7 Å². The second-order valence-electron chi connectivity index (χ2n) is 6.03. The van der Waals surface area contributed by atoms with E-state index in [2.05, 4.69) is 25.7 Å². The minimum Gasteiger partial charge on any atom is -0.461 e. The summed E-state index contributed by atoms with van der Waals surface area (Å²) in [4.78, 5) is 15.8. The van der Waals surface area contributed by atoms with E-state index in [1.165, 1.54) is 25.7 Å². The van der Waals surface area contributed by atoms with Crippen molar-refractivity contribution in [1.82, 2.24) is 4.90 Å². The first-order valence-corrected chi connectivity index (χ1v) is 10.3. The predicted octanol–water partition coefficient (Wildman–Crippen LogP) is 5.25. The summed E-state index contributed by atoms with van der Waals surface area (Å²) in [6.07, 6.45) is 5.90. The summed E-state index contributed by atoms with van der Waals surface area (Å²) in [6, 6.07) is 7.76. The van der Waals surface area contributed by atoms with Crippen LogP contribution < -0.4 is 0 Å². The molecule has 0 aliphatic rings. The second-order valence-corrected chi connectivity index (χ2v) is 7.17. The normalized spacial score (nSPS) is 11.0. The third kappa shape index (κ3) is 8.20. The summed E-state index contributed by atoms with van der Waals surface area (Å²) in [5.74, 6) is 0.826. The zero-order valence-electron chi connectivity index (χ0n) is 15.6. The van der Waals surface area contributed by atoms with Crippen molar-refractivity contribution in [3.05, 3.63) is 29.8 Å². The van der Waals surface area contributed by atoms with Crippen LogP contribution in [0.5, 0.6) is 0 Å². The van der Waals surface area contributed by atoms with E-state index in [-0.39, 0.29) is 5.97 Å². The summed E-state index contributed by atoms with van der Waals surface area (Å²) >= 11 is 1.73. The molecule has 0 bridgehead atoms. The Balaban J connectivity index is 2.49. The number of benzene rings is 1. The maximum atomic E-state index is 12.4. The molecule has 0 aliphatic carbocycles. The fourth-order valence-electron chi connectivity index (χ4n) is 2.42. The number of carbonyl (C=O) groups excluding carboxylic acids is 1. The molecule has 0 saturated heterocycles. The van der Waals surface area contributed by atoms with Crippen LogP contribution in [0.1, 0.15) is 63.2 Å². The monoisotopic (exact) mass is 351 g/mol. The number of hydrogen-bond donors (Lipinski definition) is 0. The number of hydrogen-bond acceptors (Lipinski definition) is 4. The molecule has 0 amide bonds.